The Balaban J connectivity index is 1.68. The summed E-state index contributed by atoms with van der Waals surface area (Å²) in [5.41, 5.74) is 6.20. The maximum atomic E-state index is 9.94. The van der Waals surface area contributed by atoms with Crippen LogP contribution in [0.1, 0.15) is 88.7 Å². The van der Waals surface area contributed by atoms with Crippen molar-refractivity contribution in [1.29, 1.82) is 0 Å². The van der Waals surface area contributed by atoms with Gasteiger partial charge in [-0.1, -0.05) is 74.9 Å². The highest BCUT2D eigenvalue weighted by molar-refractivity contribution is 5.41. The standard InChI is InChI=1S/C30H42O2/c1-20-12-14-25-24(18-20)13-15-27-29(4,5)26(16-17-30(25,27)6)28(23-10-8-7-9-11-23)32-22(3)19-21(2)31/h7-12,14,18,21-22,26-28,31H,13,15-17,19H2,1-6H3/t21-,22-,26-,27+,28+,30-/m1/s1. The van der Waals surface area contributed by atoms with Crippen molar-refractivity contribution >= 4 is 0 Å². The fraction of sp³-hybridized carbons (Fsp3) is 0.600. The minimum absolute atomic E-state index is 0.0272. The number of benzene rings is 2. The molecule has 0 bridgehead atoms. The first-order chi connectivity index (χ1) is 15.1. The van der Waals surface area contributed by atoms with Crippen molar-refractivity contribution in [3.05, 3.63) is 70.8 Å². The van der Waals surface area contributed by atoms with Crippen molar-refractivity contribution in [2.24, 2.45) is 17.3 Å². The van der Waals surface area contributed by atoms with Crippen molar-refractivity contribution in [3.8, 4) is 0 Å². The zero-order valence-electron chi connectivity index (χ0n) is 20.9. The van der Waals surface area contributed by atoms with E-state index in [9.17, 15) is 5.11 Å². The van der Waals surface area contributed by atoms with Crippen LogP contribution in [0.5, 0.6) is 0 Å². The van der Waals surface area contributed by atoms with Crippen LogP contribution >= 0.6 is 0 Å². The first kappa shape index (κ1) is 23.5. The van der Waals surface area contributed by atoms with E-state index in [0.717, 1.165) is 6.42 Å². The molecule has 1 fully saturated rings. The molecule has 0 spiro atoms. The third-order valence-electron chi connectivity index (χ3n) is 8.72. The number of aliphatic hydroxyl groups is 1. The van der Waals surface area contributed by atoms with Crippen LogP contribution in [-0.2, 0) is 16.6 Å². The van der Waals surface area contributed by atoms with E-state index in [4.69, 9.17) is 4.74 Å². The van der Waals surface area contributed by atoms with E-state index in [1.807, 2.05) is 6.92 Å². The van der Waals surface area contributed by atoms with E-state index in [0.29, 0.717) is 18.3 Å². The van der Waals surface area contributed by atoms with E-state index in [2.05, 4.69) is 83.1 Å². The summed E-state index contributed by atoms with van der Waals surface area (Å²) in [6, 6.07) is 17.9. The Morgan fingerprint density at radius 1 is 1.03 bits per heavy atom. The Bertz CT molecular complexity index is 916. The number of hydrogen-bond donors (Lipinski definition) is 1. The van der Waals surface area contributed by atoms with Gasteiger partial charge in [-0.05, 0) is 92.2 Å². The predicted molar refractivity (Wildman–Crippen MR) is 133 cm³/mol. The molecule has 2 nitrogen and oxygen atoms in total. The summed E-state index contributed by atoms with van der Waals surface area (Å²) in [4.78, 5) is 0. The second-order valence-electron chi connectivity index (χ2n) is 11.5. The normalized spacial score (nSPS) is 29.5. The van der Waals surface area contributed by atoms with Crippen LogP contribution in [0, 0.1) is 24.2 Å². The maximum absolute atomic E-state index is 9.94. The van der Waals surface area contributed by atoms with Crippen LogP contribution in [0.2, 0.25) is 0 Å². The van der Waals surface area contributed by atoms with Crippen LogP contribution in [0.3, 0.4) is 0 Å². The summed E-state index contributed by atoms with van der Waals surface area (Å²) in [5, 5.41) is 9.94. The van der Waals surface area contributed by atoms with Crippen LogP contribution in [0.15, 0.2) is 48.5 Å². The highest BCUT2D eigenvalue weighted by Gasteiger charge is 2.55. The molecule has 0 heterocycles. The third kappa shape index (κ3) is 4.29. The SMILES string of the molecule is Cc1ccc2c(c1)CC[C@H]1C(C)(C)[C@@H]([C@@H](O[C@H](C)C[C@@H](C)O)c3ccccc3)CC[C@]21C. The van der Waals surface area contributed by atoms with Crippen LogP contribution in [-0.4, -0.2) is 17.3 Å². The van der Waals surface area contributed by atoms with Crippen molar-refractivity contribution in [2.45, 2.75) is 97.4 Å². The minimum atomic E-state index is -0.345. The molecule has 1 N–H and O–H groups in total. The molecule has 2 aliphatic rings. The Hall–Kier alpha value is -1.64. The van der Waals surface area contributed by atoms with Gasteiger partial charge in [0.2, 0.25) is 0 Å². The number of fused-ring (bicyclic) bond motifs is 3. The molecule has 0 aromatic heterocycles. The molecular weight excluding hydrogens is 392 g/mol. The average Bonchev–Trinajstić information content (AvgIpc) is 2.72. The number of rotatable bonds is 6. The van der Waals surface area contributed by atoms with Gasteiger partial charge in [0.15, 0.2) is 0 Å². The monoisotopic (exact) mass is 434 g/mol. The molecule has 0 radical (unpaired) electrons. The molecule has 0 saturated heterocycles. The van der Waals surface area contributed by atoms with Crippen molar-refractivity contribution in [2.75, 3.05) is 0 Å². The van der Waals surface area contributed by atoms with E-state index in [1.165, 1.54) is 30.4 Å². The molecular formula is C30H42O2. The highest BCUT2D eigenvalue weighted by Crippen LogP contribution is 2.62. The van der Waals surface area contributed by atoms with Gasteiger partial charge in [0, 0.05) is 0 Å². The minimum Gasteiger partial charge on any atom is -0.393 e. The first-order valence-electron chi connectivity index (χ1n) is 12.6. The number of hydrogen-bond acceptors (Lipinski definition) is 2. The summed E-state index contributed by atoms with van der Waals surface area (Å²) in [7, 11) is 0. The zero-order valence-corrected chi connectivity index (χ0v) is 20.9. The largest absolute Gasteiger partial charge is 0.393 e. The maximum Gasteiger partial charge on any atom is 0.0861 e. The Labute approximate surface area is 195 Å². The van der Waals surface area contributed by atoms with Gasteiger partial charge < -0.3 is 9.84 Å². The van der Waals surface area contributed by atoms with Gasteiger partial charge in [-0.25, -0.2) is 0 Å². The topological polar surface area (TPSA) is 29.5 Å². The number of ether oxygens (including phenoxy) is 1. The Kier molecular flexibility index (Phi) is 6.58. The van der Waals surface area contributed by atoms with E-state index < -0.39 is 0 Å². The summed E-state index contributed by atoms with van der Waals surface area (Å²) in [6.07, 6.45) is 5.22. The molecule has 2 aromatic carbocycles. The number of aliphatic hydroxyl groups excluding tert-OH is 1. The fourth-order valence-corrected chi connectivity index (χ4v) is 7.26. The third-order valence-corrected chi connectivity index (χ3v) is 8.72. The zero-order chi connectivity index (χ0) is 23.1. The van der Waals surface area contributed by atoms with Gasteiger partial charge in [-0.15, -0.1) is 0 Å². The van der Waals surface area contributed by atoms with Crippen LogP contribution in [0.25, 0.3) is 0 Å². The first-order valence-corrected chi connectivity index (χ1v) is 12.6. The lowest BCUT2D eigenvalue weighted by atomic mass is 9.46. The average molecular weight is 435 g/mol. The lowest BCUT2D eigenvalue weighted by Crippen LogP contribution is -2.53. The van der Waals surface area contributed by atoms with Gasteiger partial charge in [0.1, 0.15) is 0 Å². The van der Waals surface area contributed by atoms with Crippen molar-refractivity contribution < 1.29 is 9.84 Å². The Morgan fingerprint density at radius 2 is 1.75 bits per heavy atom. The molecule has 0 amide bonds. The second-order valence-corrected chi connectivity index (χ2v) is 11.5. The lowest BCUT2D eigenvalue weighted by molar-refractivity contribution is -0.123. The van der Waals surface area contributed by atoms with Crippen LogP contribution < -0.4 is 0 Å². The summed E-state index contributed by atoms with van der Waals surface area (Å²) < 4.78 is 6.76. The van der Waals surface area contributed by atoms with Gasteiger partial charge in [-0.3, -0.25) is 0 Å². The molecule has 6 atom stereocenters. The molecule has 2 aromatic rings. The quantitative estimate of drug-likeness (QED) is 0.522. The second kappa shape index (κ2) is 8.95. The number of aryl methyl sites for hydroxylation is 2. The molecule has 2 aliphatic carbocycles. The fourth-order valence-electron chi connectivity index (χ4n) is 7.26. The van der Waals surface area contributed by atoms with Crippen molar-refractivity contribution in [1.82, 2.24) is 0 Å². The molecule has 174 valence electrons. The molecule has 2 heteroatoms. The van der Waals surface area contributed by atoms with E-state index >= 15 is 0 Å². The molecule has 0 unspecified atom stereocenters. The van der Waals surface area contributed by atoms with Gasteiger partial charge >= 0.3 is 0 Å². The van der Waals surface area contributed by atoms with E-state index in [-0.39, 0.29) is 29.1 Å². The summed E-state index contributed by atoms with van der Waals surface area (Å²) in [5.74, 6) is 1.08. The smallest absolute Gasteiger partial charge is 0.0861 e. The van der Waals surface area contributed by atoms with Gasteiger partial charge in [0.05, 0.1) is 18.3 Å². The van der Waals surface area contributed by atoms with Crippen molar-refractivity contribution in [3.63, 3.8) is 0 Å². The summed E-state index contributed by atoms with van der Waals surface area (Å²) >= 11 is 0. The lowest BCUT2D eigenvalue weighted by Gasteiger charge is -2.59. The summed E-state index contributed by atoms with van der Waals surface area (Å²) in [6.45, 7) is 13.7. The molecule has 1 saturated carbocycles. The molecule has 4 rings (SSSR count). The predicted octanol–water partition coefficient (Wildman–Crippen LogP) is 7.17. The van der Waals surface area contributed by atoms with Crippen LogP contribution in [0.4, 0.5) is 0 Å². The molecule has 0 aliphatic heterocycles. The van der Waals surface area contributed by atoms with Gasteiger partial charge in [0.25, 0.3) is 0 Å². The highest BCUT2D eigenvalue weighted by atomic mass is 16.5. The Morgan fingerprint density at radius 3 is 2.44 bits per heavy atom. The van der Waals surface area contributed by atoms with E-state index in [1.54, 1.807) is 11.1 Å². The van der Waals surface area contributed by atoms with Gasteiger partial charge in [-0.2, -0.15) is 0 Å². The molecule has 32 heavy (non-hydrogen) atoms.